The number of nitrogens with one attached hydrogen (secondary N) is 2. The maximum atomic E-state index is 12.4. The van der Waals surface area contributed by atoms with E-state index in [0.29, 0.717) is 29.2 Å². The molecule has 0 aliphatic carbocycles. The maximum Gasteiger partial charge on any atom is 0.275 e. The van der Waals surface area contributed by atoms with Crippen molar-refractivity contribution in [3.8, 4) is 5.75 Å². The van der Waals surface area contributed by atoms with Gasteiger partial charge in [0, 0.05) is 11.5 Å². The summed E-state index contributed by atoms with van der Waals surface area (Å²) in [5.41, 5.74) is 7.00. The van der Waals surface area contributed by atoms with Gasteiger partial charge in [-0.15, -0.1) is 0 Å². The molecule has 0 aliphatic heterocycles. The monoisotopic (exact) mass is 393 g/mol. The van der Waals surface area contributed by atoms with Crippen LogP contribution in [-0.4, -0.2) is 17.0 Å². The Morgan fingerprint density at radius 1 is 1.00 bits per heavy atom. The smallest absolute Gasteiger partial charge is 0.275 e. The zero-order valence-electron chi connectivity index (χ0n) is 16.6. The van der Waals surface area contributed by atoms with Gasteiger partial charge in [-0.3, -0.25) is 20.4 Å². The standard InChI is InChI=1S/C22H23N3O4/c1-14(2)20-19(15(3)25-29-20)22(27)24-23-21(26)17-11-9-16(10-12-17)13-28-18-7-5-4-6-8-18/h4-12,14H,13H2,1-3H3,(H,23,26)(H,24,27). The van der Waals surface area contributed by atoms with Crippen molar-refractivity contribution in [3.63, 3.8) is 0 Å². The number of aryl methyl sites for hydroxylation is 1. The predicted molar refractivity (Wildman–Crippen MR) is 107 cm³/mol. The van der Waals surface area contributed by atoms with Gasteiger partial charge in [0.05, 0.1) is 5.69 Å². The average molecular weight is 393 g/mol. The highest BCUT2D eigenvalue weighted by Gasteiger charge is 2.22. The maximum absolute atomic E-state index is 12.4. The van der Waals surface area contributed by atoms with Crippen LogP contribution in [0, 0.1) is 6.92 Å². The Hall–Kier alpha value is -3.61. The second-order valence-electron chi connectivity index (χ2n) is 6.87. The van der Waals surface area contributed by atoms with E-state index in [1.807, 2.05) is 44.2 Å². The molecule has 29 heavy (non-hydrogen) atoms. The summed E-state index contributed by atoms with van der Waals surface area (Å²) in [6, 6.07) is 16.5. The van der Waals surface area contributed by atoms with Crippen LogP contribution in [0.5, 0.6) is 5.75 Å². The Morgan fingerprint density at radius 2 is 1.66 bits per heavy atom. The molecule has 7 nitrogen and oxygen atoms in total. The Labute approximate surface area is 169 Å². The van der Waals surface area contributed by atoms with Gasteiger partial charge in [0.1, 0.15) is 17.9 Å². The average Bonchev–Trinajstić information content (AvgIpc) is 3.13. The number of hydrogen-bond donors (Lipinski definition) is 2. The summed E-state index contributed by atoms with van der Waals surface area (Å²) >= 11 is 0. The van der Waals surface area contributed by atoms with Crippen molar-refractivity contribution in [2.24, 2.45) is 0 Å². The fraction of sp³-hybridized carbons (Fsp3) is 0.227. The fourth-order valence-corrected chi connectivity index (χ4v) is 2.74. The molecular formula is C22H23N3O4. The lowest BCUT2D eigenvalue weighted by Crippen LogP contribution is -2.42. The lowest BCUT2D eigenvalue weighted by Gasteiger charge is -2.09. The Bertz CT molecular complexity index is 979. The van der Waals surface area contributed by atoms with Crippen LogP contribution in [0.3, 0.4) is 0 Å². The molecule has 2 aromatic carbocycles. The number of hydrazine groups is 1. The molecule has 0 unspecified atom stereocenters. The van der Waals surface area contributed by atoms with Gasteiger partial charge >= 0.3 is 0 Å². The molecule has 3 aromatic rings. The normalized spacial score (nSPS) is 10.6. The van der Waals surface area contributed by atoms with Gasteiger partial charge in [0.25, 0.3) is 11.8 Å². The van der Waals surface area contributed by atoms with E-state index in [2.05, 4.69) is 16.0 Å². The van der Waals surface area contributed by atoms with Crippen LogP contribution >= 0.6 is 0 Å². The summed E-state index contributed by atoms with van der Waals surface area (Å²) in [6.45, 7) is 5.88. The molecule has 0 saturated carbocycles. The third-order valence-electron chi connectivity index (χ3n) is 4.29. The van der Waals surface area contributed by atoms with E-state index in [4.69, 9.17) is 9.26 Å². The highest BCUT2D eigenvalue weighted by atomic mass is 16.5. The minimum absolute atomic E-state index is 0.00157. The topological polar surface area (TPSA) is 93.5 Å². The molecule has 0 bridgehead atoms. The van der Waals surface area contributed by atoms with Crippen molar-refractivity contribution in [1.29, 1.82) is 0 Å². The van der Waals surface area contributed by atoms with Crippen LogP contribution in [0.2, 0.25) is 0 Å². The van der Waals surface area contributed by atoms with Crippen molar-refractivity contribution >= 4 is 11.8 Å². The van der Waals surface area contributed by atoms with Crippen LogP contribution < -0.4 is 15.6 Å². The Balaban J connectivity index is 1.56. The molecule has 150 valence electrons. The van der Waals surface area contributed by atoms with E-state index < -0.39 is 11.8 Å². The third kappa shape index (κ3) is 5.01. The first-order valence-electron chi connectivity index (χ1n) is 9.29. The SMILES string of the molecule is Cc1noc(C(C)C)c1C(=O)NNC(=O)c1ccc(COc2ccccc2)cc1. The highest BCUT2D eigenvalue weighted by Crippen LogP contribution is 2.21. The molecule has 0 atom stereocenters. The first-order valence-corrected chi connectivity index (χ1v) is 9.29. The zero-order chi connectivity index (χ0) is 20.8. The summed E-state index contributed by atoms with van der Waals surface area (Å²) < 4.78 is 10.9. The molecule has 3 rings (SSSR count). The highest BCUT2D eigenvalue weighted by molar-refractivity contribution is 6.00. The predicted octanol–water partition coefficient (Wildman–Crippen LogP) is 3.76. The van der Waals surface area contributed by atoms with Crippen LogP contribution in [0.4, 0.5) is 0 Å². The third-order valence-corrected chi connectivity index (χ3v) is 4.29. The molecule has 0 aliphatic rings. The van der Waals surface area contributed by atoms with Gasteiger partial charge in [0.15, 0.2) is 5.76 Å². The quantitative estimate of drug-likeness (QED) is 0.622. The Morgan fingerprint density at radius 3 is 2.31 bits per heavy atom. The molecule has 1 heterocycles. The van der Waals surface area contributed by atoms with Crippen molar-refractivity contribution in [2.45, 2.75) is 33.3 Å². The van der Waals surface area contributed by atoms with Crippen LogP contribution in [-0.2, 0) is 6.61 Å². The number of aromatic nitrogens is 1. The number of carbonyl (C=O) groups excluding carboxylic acids is 2. The minimum Gasteiger partial charge on any atom is -0.489 e. The molecule has 7 heteroatoms. The van der Waals surface area contributed by atoms with Crippen LogP contribution in [0.1, 0.15) is 57.5 Å². The van der Waals surface area contributed by atoms with Gasteiger partial charge in [-0.1, -0.05) is 49.3 Å². The van der Waals surface area contributed by atoms with Crippen LogP contribution in [0.15, 0.2) is 59.1 Å². The van der Waals surface area contributed by atoms with Gasteiger partial charge in [-0.05, 0) is 36.8 Å². The molecule has 0 fully saturated rings. The fourth-order valence-electron chi connectivity index (χ4n) is 2.74. The molecule has 2 amide bonds. The summed E-state index contributed by atoms with van der Waals surface area (Å²) in [5.74, 6) is 0.375. The number of para-hydroxylation sites is 1. The van der Waals surface area contributed by atoms with Gasteiger partial charge < -0.3 is 9.26 Å². The number of benzene rings is 2. The van der Waals surface area contributed by atoms with E-state index in [0.717, 1.165) is 11.3 Å². The van der Waals surface area contributed by atoms with E-state index in [1.165, 1.54) is 0 Å². The lowest BCUT2D eigenvalue weighted by molar-refractivity contribution is 0.0845. The minimum atomic E-state index is -0.464. The van der Waals surface area contributed by atoms with E-state index >= 15 is 0 Å². The largest absolute Gasteiger partial charge is 0.489 e. The zero-order valence-corrected chi connectivity index (χ0v) is 16.6. The second kappa shape index (κ2) is 9.05. The van der Waals surface area contributed by atoms with E-state index in [1.54, 1.807) is 31.2 Å². The lowest BCUT2D eigenvalue weighted by atomic mass is 10.0. The van der Waals surface area contributed by atoms with Gasteiger partial charge in [-0.25, -0.2) is 0 Å². The molecule has 1 aromatic heterocycles. The first-order chi connectivity index (χ1) is 14.0. The van der Waals surface area contributed by atoms with Crippen LogP contribution in [0.25, 0.3) is 0 Å². The Kier molecular flexibility index (Phi) is 6.29. The second-order valence-corrected chi connectivity index (χ2v) is 6.87. The first kappa shape index (κ1) is 20.1. The number of nitrogens with zero attached hydrogens (tertiary/aromatic N) is 1. The van der Waals surface area contributed by atoms with Crippen molar-refractivity contribution < 1.29 is 18.8 Å². The molecule has 0 spiro atoms. The number of hydrogen-bond acceptors (Lipinski definition) is 5. The summed E-state index contributed by atoms with van der Waals surface area (Å²) in [5, 5.41) is 3.83. The molecular weight excluding hydrogens is 370 g/mol. The van der Waals surface area contributed by atoms with Crippen molar-refractivity contribution in [2.75, 3.05) is 0 Å². The van der Waals surface area contributed by atoms with Gasteiger partial charge in [-0.2, -0.15) is 0 Å². The molecule has 0 saturated heterocycles. The molecule has 2 N–H and O–H groups in total. The van der Waals surface area contributed by atoms with Crippen molar-refractivity contribution in [3.05, 3.63) is 82.7 Å². The van der Waals surface area contributed by atoms with E-state index in [9.17, 15) is 9.59 Å². The summed E-state index contributed by atoms with van der Waals surface area (Å²) in [7, 11) is 0. The van der Waals surface area contributed by atoms with E-state index in [-0.39, 0.29) is 5.92 Å². The number of ether oxygens (including phenoxy) is 1. The molecule has 0 radical (unpaired) electrons. The number of carbonyl (C=O) groups is 2. The number of amides is 2. The summed E-state index contributed by atoms with van der Waals surface area (Å²) in [6.07, 6.45) is 0. The van der Waals surface area contributed by atoms with Crippen molar-refractivity contribution in [1.82, 2.24) is 16.0 Å². The van der Waals surface area contributed by atoms with Gasteiger partial charge in [0.2, 0.25) is 0 Å². The summed E-state index contributed by atoms with van der Waals surface area (Å²) in [4.78, 5) is 24.7. The number of rotatable bonds is 6.